The standard InChI is InChI=1S/C13H14N2OS2/c1-2-3-10-4-6-11(7-5-10)12(16)8-17-13-15-14-9-18-13/h4-7,9H,2-3,8H2,1H3. The SMILES string of the molecule is CCCc1ccc(C(=O)CSc2nncs2)cc1. The predicted molar refractivity (Wildman–Crippen MR) is 75.4 cm³/mol. The smallest absolute Gasteiger partial charge is 0.174 e. The van der Waals surface area contributed by atoms with Crippen molar-refractivity contribution in [2.45, 2.75) is 24.1 Å². The van der Waals surface area contributed by atoms with Crippen molar-refractivity contribution in [1.29, 1.82) is 0 Å². The number of carbonyl (C=O) groups is 1. The van der Waals surface area contributed by atoms with E-state index in [1.54, 1.807) is 5.51 Å². The molecule has 0 unspecified atom stereocenters. The zero-order chi connectivity index (χ0) is 12.8. The quantitative estimate of drug-likeness (QED) is 0.599. The number of carbonyl (C=O) groups excluding carboxylic acids is 1. The highest BCUT2D eigenvalue weighted by Crippen LogP contribution is 2.20. The van der Waals surface area contributed by atoms with Gasteiger partial charge in [0.2, 0.25) is 0 Å². The molecule has 1 heterocycles. The fourth-order valence-electron chi connectivity index (χ4n) is 1.58. The van der Waals surface area contributed by atoms with Gasteiger partial charge in [-0.1, -0.05) is 60.7 Å². The molecule has 2 rings (SSSR count). The average Bonchev–Trinajstić information content (AvgIpc) is 2.90. The second-order valence-electron chi connectivity index (χ2n) is 3.86. The highest BCUT2D eigenvalue weighted by atomic mass is 32.2. The van der Waals surface area contributed by atoms with Crippen molar-refractivity contribution in [3.8, 4) is 0 Å². The molecule has 0 amide bonds. The molecule has 0 spiro atoms. The van der Waals surface area contributed by atoms with E-state index in [1.165, 1.54) is 28.7 Å². The highest BCUT2D eigenvalue weighted by Gasteiger charge is 2.08. The summed E-state index contributed by atoms with van der Waals surface area (Å²) >= 11 is 2.90. The maximum absolute atomic E-state index is 11.9. The van der Waals surface area contributed by atoms with Gasteiger partial charge in [-0.15, -0.1) is 10.2 Å². The molecule has 0 radical (unpaired) electrons. The normalized spacial score (nSPS) is 10.5. The fraction of sp³-hybridized carbons (Fsp3) is 0.308. The number of benzene rings is 1. The molecular formula is C13H14N2OS2. The molecule has 0 bridgehead atoms. The van der Waals surface area contributed by atoms with E-state index in [1.807, 2.05) is 24.3 Å². The first-order valence-corrected chi connectivity index (χ1v) is 7.67. The van der Waals surface area contributed by atoms with Gasteiger partial charge in [0.15, 0.2) is 10.1 Å². The molecule has 94 valence electrons. The van der Waals surface area contributed by atoms with Gasteiger partial charge in [-0.25, -0.2) is 0 Å². The summed E-state index contributed by atoms with van der Waals surface area (Å²) in [5.41, 5.74) is 3.73. The van der Waals surface area contributed by atoms with Gasteiger partial charge in [-0.05, 0) is 12.0 Å². The number of nitrogens with zero attached hydrogens (tertiary/aromatic N) is 2. The molecule has 0 fully saturated rings. The Bertz CT molecular complexity index is 494. The van der Waals surface area contributed by atoms with E-state index in [4.69, 9.17) is 0 Å². The lowest BCUT2D eigenvalue weighted by Gasteiger charge is -2.02. The average molecular weight is 278 g/mol. The molecule has 0 aliphatic rings. The summed E-state index contributed by atoms with van der Waals surface area (Å²) in [6.45, 7) is 2.15. The van der Waals surface area contributed by atoms with E-state index in [9.17, 15) is 4.79 Å². The molecule has 18 heavy (non-hydrogen) atoms. The van der Waals surface area contributed by atoms with Crippen LogP contribution in [0.2, 0.25) is 0 Å². The van der Waals surface area contributed by atoms with E-state index in [0.717, 1.165) is 22.7 Å². The third-order valence-electron chi connectivity index (χ3n) is 2.48. The topological polar surface area (TPSA) is 42.9 Å². The van der Waals surface area contributed by atoms with Crippen molar-refractivity contribution < 1.29 is 4.79 Å². The molecule has 0 atom stereocenters. The maximum atomic E-state index is 11.9. The van der Waals surface area contributed by atoms with Crippen LogP contribution < -0.4 is 0 Å². The molecule has 3 nitrogen and oxygen atoms in total. The number of ketones is 1. The first-order valence-electron chi connectivity index (χ1n) is 5.80. The zero-order valence-corrected chi connectivity index (χ0v) is 11.8. The van der Waals surface area contributed by atoms with Crippen LogP contribution in [0.5, 0.6) is 0 Å². The molecule has 0 N–H and O–H groups in total. The summed E-state index contributed by atoms with van der Waals surface area (Å²) in [5, 5.41) is 7.64. The van der Waals surface area contributed by atoms with Gasteiger partial charge in [0.05, 0.1) is 5.75 Å². The largest absolute Gasteiger partial charge is 0.293 e. The number of thioether (sulfide) groups is 1. The number of aromatic nitrogens is 2. The van der Waals surface area contributed by atoms with Crippen LogP contribution in [0, 0.1) is 0 Å². The molecule has 2 aromatic rings. The van der Waals surface area contributed by atoms with Crippen LogP contribution in [0.1, 0.15) is 29.3 Å². The molecule has 1 aromatic carbocycles. The number of rotatable bonds is 6. The van der Waals surface area contributed by atoms with Gasteiger partial charge in [0, 0.05) is 5.56 Å². The lowest BCUT2D eigenvalue weighted by Crippen LogP contribution is -2.02. The van der Waals surface area contributed by atoms with Crippen molar-refractivity contribution in [3.63, 3.8) is 0 Å². The van der Waals surface area contributed by atoms with Crippen LogP contribution in [-0.4, -0.2) is 21.7 Å². The van der Waals surface area contributed by atoms with Crippen LogP contribution in [0.4, 0.5) is 0 Å². The Morgan fingerprint density at radius 1 is 1.33 bits per heavy atom. The minimum Gasteiger partial charge on any atom is -0.293 e. The van der Waals surface area contributed by atoms with Crippen LogP contribution in [0.3, 0.4) is 0 Å². The van der Waals surface area contributed by atoms with Crippen LogP contribution in [-0.2, 0) is 6.42 Å². The number of Topliss-reactive ketones (excluding diaryl/α,β-unsaturated/α-hetero) is 1. The Balaban J connectivity index is 1.92. The van der Waals surface area contributed by atoms with E-state index < -0.39 is 0 Å². The third-order valence-corrected chi connectivity index (χ3v) is 4.34. The monoisotopic (exact) mass is 278 g/mol. The van der Waals surface area contributed by atoms with E-state index in [2.05, 4.69) is 17.1 Å². The lowest BCUT2D eigenvalue weighted by atomic mass is 10.1. The fourth-order valence-corrected chi connectivity index (χ4v) is 2.97. The van der Waals surface area contributed by atoms with Gasteiger partial charge in [-0.3, -0.25) is 4.79 Å². The number of hydrogen-bond donors (Lipinski definition) is 0. The Morgan fingerprint density at radius 3 is 2.72 bits per heavy atom. The maximum Gasteiger partial charge on any atom is 0.174 e. The van der Waals surface area contributed by atoms with E-state index in [0.29, 0.717) is 5.75 Å². The van der Waals surface area contributed by atoms with Gasteiger partial charge >= 0.3 is 0 Å². The highest BCUT2D eigenvalue weighted by molar-refractivity contribution is 8.01. The van der Waals surface area contributed by atoms with Gasteiger partial charge in [0.25, 0.3) is 0 Å². The van der Waals surface area contributed by atoms with E-state index >= 15 is 0 Å². The number of hydrogen-bond acceptors (Lipinski definition) is 5. The summed E-state index contributed by atoms with van der Waals surface area (Å²) in [6.07, 6.45) is 2.19. The Hall–Kier alpha value is -1.20. The molecular weight excluding hydrogens is 264 g/mol. The van der Waals surface area contributed by atoms with Crippen molar-refractivity contribution in [1.82, 2.24) is 10.2 Å². The summed E-state index contributed by atoms with van der Waals surface area (Å²) in [6, 6.07) is 7.89. The summed E-state index contributed by atoms with van der Waals surface area (Å²) < 4.78 is 0.839. The second-order valence-corrected chi connectivity index (χ2v) is 5.92. The Kier molecular flexibility index (Phi) is 4.90. The van der Waals surface area contributed by atoms with Crippen LogP contribution >= 0.6 is 23.1 Å². The zero-order valence-electron chi connectivity index (χ0n) is 10.1. The Morgan fingerprint density at radius 2 is 2.11 bits per heavy atom. The molecule has 0 aliphatic carbocycles. The minimum atomic E-state index is 0.137. The van der Waals surface area contributed by atoms with Gasteiger partial charge < -0.3 is 0 Å². The first-order chi connectivity index (χ1) is 8.79. The van der Waals surface area contributed by atoms with Crippen molar-refractivity contribution in [2.75, 3.05) is 5.75 Å². The molecule has 5 heteroatoms. The van der Waals surface area contributed by atoms with E-state index in [-0.39, 0.29) is 5.78 Å². The molecule has 0 saturated heterocycles. The Labute approximate surface area is 115 Å². The first kappa shape index (κ1) is 13.2. The minimum absolute atomic E-state index is 0.137. The molecule has 0 saturated carbocycles. The predicted octanol–water partition coefficient (Wildman–Crippen LogP) is 3.47. The number of aryl methyl sites for hydroxylation is 1. The van der Waals surface area contributed by atoms with Crippen LogP contribution in [0.15, 0.2) is 34.1 Å². The third kappa shape index (κ3) is 3.65. The van der Waals surface area contributed by atoms with Gasteiger partial charge in [-0.2, -0.15) is 0 Å². The summed E-state index contributed by atoms with van der Waals surface area (Å²) in [4.78, 5) is 11.9. The molecule has 0 aliphatic heterocycles. The van der Waals surface area contributed by atoms with Crippen molar-refractivity contribution in [2.24, 2.45) is 0 Å². The summed E-state index contributed by atoms with van der Waals surface area (Å²) in [7, 11) is 0. The van der Waals surface area contributed by atoms with Crippen molar-refractivity contribution in [3.05, 3.63) is 40.9 Å². The van der Waals surface area contributed by atoms with Crippen LogP contribution in [0.25, 0.3) is 0 Å². The lowest BCUT2D eigenvalue weighted by molar-refractivity contribution is 0.102. The van der Waals surface area contributed by atoms with Gasteiger partial charge in [0.1, 0.15) is 5.51 Å². The summed E-state index contributed by atoms with van der Waals surface area (Å²) in [5.74, 6) is 0.556. The molecule has 1 aromatic heterocycles. The second kappa shape index (κ2) is 6.66. The van der Waals surface area contributed by atoms with Crippen molar-refractivity contribution >= 4 is 28.9 Å².